The summed E-state index contributed by atoms with van der Waals surface area (Å²) >= 11 is 0. The minimum atomic E-state index is 0.103. The highest BCUT2D eigenvalue weighted by atomic mass is 16.1. The van der Waals surface area contributed by atoms with E-state index in [1.807, 2.05) is 13.1 Å². The molecule has 19 heavy (non-hydrogen) atoms. The van der Waals surface area contributed by atoms with E-state index < -0.39 is 0 Å². The third-order valence-corrected chi connectivity index (χ3v) is 4.13. The van der Waals surface area contributed by atoms with E-state index in [1.165, 1.54) is 18.4 Å². The Morgan fingerprint density at radius 3 is 2.89 bits per heavy atom. The van der Waals surface area contributed by atoms with E-state index in [0.29, 0.717) is 11.8 Å². The molecule has 1 aliphatic heterocycles. The number of amides is 1. The standard InChI is InChI=1S/C15H21N3O/c1-16-9-15(4-5-15)10-17-8-11-2-3-13-12(6-11)7-14(19)18-13/h2-3,6,16-17H,4-5,7-10H2,1H3,(H,18,19). The lowest BCUT2D eigenvalue weighted by Crippen LogP contribution is -2.31. The zero-order chi connectivity index (χ0) is 13.3. The van der Waals surface area contributed by atoms with Crippen LogP contribution in [0.25, 0.3) is 0 Å². The van der Waals surface area contributed by atoms with Gasteiger partial charge in [0.25, 0.3) is 0 Å². The van der Waals surface area contributed by atoms with Gasteiger partial charge in [0.05, 0.1) is 6.42 Å². The summed E-state index contributed by atoms with van der Waals surface area (Å²) in [6.07, 6.45) is 3.17. The zero-order valence-corrected chi connectivity index (χ0v) is 11.4. The normalized spacial score (nSPS) is 19.1. The Morgan fingerprint density at radius 2 is 2.16 bits per heavy atom. The van der Waals surface area contributed by atoms with Crippen molar-refractivity contribution in [2.24, 2.45) is 5.41 Å². The summed E-state index contributed by atoms with van der Waals surface area (Å²) in [6.45, 7) is 3.05. The summed E-state index contributed by atoms with van der Waals surface area (Å²) in [5.41, 5.74) is 3.85. The smallest absolute Gasteiger partial charge is 0.228 e. The molecule has 1 heterocycles. The van der Waals surface area contributed by atoms with Gasteiger partial charge in [-0.1, -0.05) is 12.1 Å². The second-order valence-corrected chi connectivity index (χ2v) is 5.85. The van der Waals surface area contributed by atoms with Crippen LogP contribution in [0.2, 0.25) is 0 Å². The second kappa shape index (κ2) is 4.94. The van der Waals surface area contributed by atoms with Crippen molar-refractivity contribution in [1.29, 1.82) is 0 Å². The fourth-order valence-electron chi connectivity index (χ4n) is 2.83. The average molecular weight is 259 g/mol. The number of hydrogen-bond donors (Lipinski definition) is 3. The minimum absolute atomic E-state index is 0.103. The highest BCUT2D eigenvalue weighted by molar-refractivity contribution is 5.99. The first-order chi connectivity index (χ1) is 9.21. The number of hydrogen-bond acceptors (Lipinski definition) is 3. The van der Waals surface area contributed by atoms with Crippen LogP contribution < -0.4 is 16.0 Å². The summed E-state index contributed by atoms with van der Waals surface area (Å²) in [6, 6.07) is 6.24. The van der Waals surface area contributed by atoms with Crippen LogP contribution in [0, 0.1) is 5.41 Å². The van der Waals surface area contributed by atoms with E-state index in [4.69, 9.17) is 0 Å². The number of anilines is 1. The molecule has 102 valence electrons. The number of carbonyl (C=O) groups excluding carboxylic acids is 1. The van der Waals surface area contributed by atoms with E-state index in [1.54, 1.807) is 0 Å². The lowest BCUT2D eigenvalue weighted by molar-refractivity contribution is -0.115. The van der Waals surface area contributed by atoms with Crippen molar-refractivity contribution in [3.05, 3.63) is 29.3 Å². The third kappa shape index (κ3) is 2.80. The number of carbonyl (C=O) groups is 1. The van der Waals surface area contributed by atoms with Crippen molar-refractivity contribution >= 4 is 11.6 Å². The van der Waals surface area contributed by atoms with Gasteiger partial charge in [0.15, 0.2) is 0 Å². The molecule has 0 spiro atoms. The van der Waals surface area contributed by atoms with Gasteiger partial charge in [-0.2, -0.15) is 0 Å². The van der Waals surface area contributed by atoms with E-state index in [-0.39, 0.29) is 5.91 Å². The molecule has 0 atom stereocenters. The van der Waals surface area contributed by atoms with Crippen LogP contribution in [0.5, 0.6) is 0 Å². The fourth-order valence-corrected chi connectivity index (χ4v) is 2.83. The predicted octanol–water partition coefficient (Wildman–Crippen LogP) is 1.27. The van der Waals surface area contributed by atoms with Gasteiger partial charge < -0.3 is 16.0 Å². The van der Waals surface area contributed by atoms with Crippen LogP contribution in [0.15, 0.2) is 18.2 Å². The highest BCUT2D eigenvalue weighted by Crippen LogP contribution is 2.44. The topological polar surface area (TPSA) is 53.2 Å². The Balaban J connectivity index is 1.54. The van der Waals surface area contributed by atoms with Crippen molar-refractivity contribution in [2.75, 3.05) is 25.5 Å². The van der Waals surface area contributed by atoms with Crippen molar-refractivity contribution in [3.8, 4) is 0 Å². The Hall–Kier alpha value is -1.39. The van der Waals surface area contributed by atoms with Crippen molar-refractivity contribution < 1.29 is 4.79 Å². The SMILES string of the molecule is CNCC1(CNCc2ccc3c(c2)CC(=O)N3)CC1. The first-order valence-electron chi connectivity index (χ1n) is 6.98. The predicted molar refractivity (Wildman–Crippen MR) is 76.1 cm³/mol. The maximum atomic E-state index is 11.3. The summed E-state index contributed by atoms with van der Waals surface area (Å²) < 4.78 is 0. The molecule has 4 heteroatoms. The lowest BCUT2D eigenvalue weighted by Gasteiger charge is -2.15. The van der Waals surface area contributed by atoms with Gasteiger partial charge in [-0.15, -0.1) is 0 Å². The van der Waals surface area contributed by atoms with Gasteiger partial charge >= 0.3 is 0 Å². The Kier molecular flexibility index (Phi) is 3.29. The monoisotopic (exact) mass is 259 g/mol. The first-order valence-corrected chi connectivity index (χ1v) is 6.98. The van der Waals surface area contributed by atoms with Crippen LogP contribution in [0.1, 0.15) is 24.0 Å². The molecule has 0 saturated heterocycles. The van der Waals surface area contributed by atoms with Gasteiger partial charge in [-0.3, -0.25) is 4.79 Å². The van der Waals surface area contributed by atoms with Crippen molar-refractivity contribution in [2.45, 2.75) is 25.8 Å². The largest absolute Gasteiger partial charge is 0.326 e. The van der Waals surface area contributed by atoms with Gasteiger partial charge in [0.1, 0.15) is 0 Å². The van der Waals surface area contributed by atoms with E-state index in [0.717, 1.165) is 30.9 Å². The Labute approximate surface area is 114 Å². The highest BCUT2D eigenvalue weighted by Gasteiger charge is 2.41. The quantitative estimate of drug-likeness (QED) is 0.721. The van der Waals surface area contributed by atoms with Crippen LogP contribution in [-0.4, -0.2) is 26.0 Å². The van der Waals surface area contributed by atoms with E-state index in [9.17, 15) is 4.79 Å². The van der Waals surface area contributed by atoms with E-state index >= 15 is 0 Å². The maximum Gasteiger partial charge on any atom is 0.228 e. The van der Waals surface area contributed by atoms with Gasteiger partial charge in [0, 0.05) is 25.3 Å². The average Bonchev–Trinajstić information content (AvgIpc) is 3.02. The molecule has 1 aromatic rings. The molecular formula is C15H21N3O. The molecule has 0 bridgehead atoms. The first kappa shape index (κ1) is 12.6. The van der Waals surface area contributed by atoms with Crippen LogP contribution in [0.3, 0.4) is 0 Å². The van der Waals surface area contributed by atoms with Crippen LogP contribution in [0.4, 0.5) is 5.69 Å². The van der Waals surface area contributed by atoms with Crippen molar-refractivity contribution in [3.63, 3.8) is 0 Å². The van der Waals surface area contributed by atoms with Crippen LogP contribution >= 0.6 is 0 Å². The zero-order valence-electron chi connectivity index (χ0n) is 11.4. The summed E-state index contributed by atoms with van der Waals surface area (Å²) in [5, 5.41) is 9.68. The summed E-state index contributed by atoms with van der Waals surface area (Å²) in [7, 11) is 2.02. The molecule has 1 aliphatic carbocycles. The fraction of sp³-hybridized carbons (Fsp3) is 0.533. The summed E-state index contributed by atoms with van der Waals surface area (Å²) in [4.78, 5) is 11.3. The maximum absolute atomic E-state index is 11.3. The molecule has 1 aromatic carbocycles. The minimum Gasteiger partial charge on any atom is -0.326 e. The van der Waals surface area contributed by atoms with Gasteiger partial charge in [0.2, 0.25) is 5.91 Å². The molecule has 2 aliphatic rings. The second-order valence-electron chi connectivity index (χ2n) is 5.85. The number of nitrogens with one attached hydrogen (secondary N) is 3. The van der Waals surface area contributed by atoms with E-state index in [2.05, 4.69) is 28.1 Å². The molecule has 1 fully saturated rings. The van der Waals surface area contributed by atoms with Gasteiger partial charge in [-0.25, -0.2) is 0 Å². The molecule has 3 rings (SSSR count). The number of rotatable bonds is 6. The molecule has 0 aromatic heterocycles. The molecule has 3 N–H and O–H groups in total. The van der Waals surface area contributed by atoms with Gasteiger partial charge in [-0.05, 0) is 42.5 Å². The molecule has 0 unspecified atom stereocenters. The van der Waals surface area contributed by atoms with Crippen molar-refractivity contribution in [1.82, 2.24) is 10.6 Å². The summed E-state index contributed by atoms with van der Waals surface area (Å²) in [5.74, 6) is 0.103. The number of fused-ring (bicyclic) bond motifs is 1. The molecule has 4 nitrogen and oxygen atoms in total. The Bertz CT molecular complexity index is 494. The molecular weight excluding hydrogens is 238 g/mol. The molecule has 1 amide bonds. The van der Waals surface area contributed by atoms with Crippen LogP contribution in [-0.2, 0) is 17.8 Å². The number of benzene rings is 1. The lowest BCUT2D eigenvalue weighted by atomic mass is 10.1. The molecule has 0 radical (unpaired) electrons. The Morgan fingerprint density at radius 1 is 1.32 bits per heavy atom. The molecule has 1 saturated carbocycles. The third-order valence-electron chi connectivity index (χ3n) is 4.13.